The molecule has 0 radical (unpaired) electrons. The van der Waals surface area contributed by atoms with Crippen LogP contribution < -0.4 is 10.6 Å². The number of hydrogen-bond donors (Lipinski definition) is 1. The minimum atomic E-state index is -0.335. The molecule has 1 heterocycles. The molecule has 1 aromatic rings. The summed E-state index contributed by atoms with van der Waals surface area (Å²) in [5, 5.41) is 0. The molecule has 0 aromatic heterocycles. The molecule has 1 aromatic carbocycles. The summed E-state index contributed by atoms with van der Waals surface area (Å²) in [5.74, 6) is -0.260. The molecule has 16 heavy (non-hydrogen) atoms. The summed E-state index contributed by atoms with van der Waals surface area (Å²) in [7, 11) is 0. The first-order chi connectivity index (χ1) is 7.72. The number of carbonyl (C=O) groups excluding carboxylic acids is 1. The predicted octanol–water partition coefficient (Wildman–Crippen LogP) is 1.80. The predicted molar refractivity (Wildman–Crippen MR) is 60.5 cm³/mol. The summed E-state index contributed by atoms with van der Waals surface area (Å²) < 4.78 is 13.5. The number of nitrogens with two attached hydrogens (primary N) is 1. The molecule has 1 aliphatic heterocycles. The van der Waals surface area contributed by atoms with Crippen molar-refractivity contribution in [1.29, 1.82) is 0 Å². The van der Waals surface area contributed by atoms with Crippen LogP contribution in [0.5, 0.6) is 0 Å². The number of rotatable bonds is 2. The largest absolute Gasteiger partial charge is 0.326 e. The minimum absolute atomic E-state index is 0.0751. The topological polar surface area (TPSA) is 46.3 Å². The quantitative estimate of drug-likeness (QED) is 0.829. The van der Waals surface area contributed by atoms with Gasteiger partial charge in [-0.1, -0.05) is 6.07 Å². The fourth-order valence-electron chi connectivity index (χ4n) is 1.95. The van der Waals surface area contributed by atoms with Gasteiger partial charge < -0.3 is 10.6 Å². The molecule has 0 bridgehead atoms. The second-order valence-electron chi connectivity index (χ2n) is 3.98. The van der Waals surface area contributed by atoms with E-state index in [0.29, 0.717) is 24.2 Å². The van der Waals surface area contributed by atoms with E-state index in [1.54, 1.807) is 17.0 Å². The summed E-state index contributed by atoms with van der Waals surface area (Å²) in [6, 6.07) is 4.80. The van der Waals surface area contributed by atoms with Gasteiger partial charge in [0.15, 0.2) is 0 Å². The van der Waals surface area contributed by atoms with Crippen LogP contribution in [0.15, 0.2) is 18.2 Å². The highest BCUT2D eigenvalue weighted by Gasteiger charge is 2.20. The normalized spacial score (nSPS) is 16.6. The molecule has 1 amide bonds. The summed E-state index contributed by atoms with van der Waals surface area (Å²) in [4.78, 5) is 13.3. The van der Waals surface area contributed by atoms with Crippen molar-refractivity contribution in [3.63, 3.8) is 0 Å². The molecular formula is C12H15FN2O. The number of benzene rings is 1. The van der Waals surface area contributed by atoms with Crippen molar-refractivity contribution in [1.82, 2.24) is 0 Å². The van der Waals surface area contributed by atoms with Crippen molar-refractivity contribution >= 4 is 11.6 Å². The van der Waals surface area contributed by atoms with Crippen LogP contribution in [0.3, 0.4) is 0 Å². The first-order valence-electron chi connectivity index (χ1n) is 5.51. The number of amides is 1. The number of hydrogen-bond acceptors (Lipinski definition) is 2. The van der Waals surface area contributed by atoms with E-state index in [2.05, 4.69) is 0 Å². The lowest BCUT2D eigenvalue weighted by Gasteiger charge is -2.27. The van der Waals surface area contributed by atoms with E-state index in [9.17, 15) is 9.18 Å². The lowest BCUT2D eigenvalue weighted by molar-refractivity contribution is -0.119. The number of halogens is 1. The molecule has 1 saturated heterocycles. The molecule has 0 atom stereocenters. The van der Waals surface area contributed by atoms with Crippen molar-refractivity contribution in [2.45, 2.75) is 25.8 Å². The van der Waals surface area contributed by atoms with Gasteiger partial charge in [0.05, 0.1) is 0 Å². The van der Waals surface area contributed by atoms with E-state index in [0.717, 1.165) is 12.8 Å². The van der Waals surface area contributed by atoms with Gasteiger partial charge in [-0.3, -0.25) is 4.79 Å². The lowest BCUT2D eigenvalue weighted by Crippen LogP contribution is -2.35. The Morgan fingerprint density at radius 1 is 1.38 bits per heavy atom. The maximum atomic E-state index is 13.5. The first kappa shape index (κ1) is 11.1. The van der Waals surface area contributed by atoms with Crippen LogP contribution in [0.4, 0.5) is 10.1 Å². The molecule has 1 fully saturated rings. The Kier molecular flexibility index (Phi) is 3.19. The fourth-order valence-corrected chi connectivity index (χ4v) is 1.95. The zero-order chi connectivity index (χ0) is 11.5. The van der Waals surface area contributed by atoms with Crippen LogP contribution in [0.2, 0.25) is 0 Å². The van der Waals surface area contributed by atoms with E-state index in [1.807, 2.05) is 0 Å². The van der Waals surface area contributed by atoms with E-state index >= 15 is 0 Å². The summed E-state index contributed by atoms with van der Waals surface area (Å²) in [6.07, 6.45) is 2.46. The molecule has 0 aliphatic carbocycles. The second kappa shape index (κ2) is 4.61. The molecular weight excluding hydrogens is 207 g/mol. The van der Waals surface area contributed by atoms with Crippen LogP contribution in [0, 0.1) is 5.82 Å². The lowest BCUT2D eigenvalue weighted by atomic mass is 10.1. The Balaban J connectivity index is 2.26. The summed E-state index contributed by atoms with van der Waals surface area (Å²) >= 11 is 0. The van der Waals surface area contributed by atoms with E-state index in [1.165, 1.54) is 6.07 Å². The molecule has 1 aliphatic rings. The van der Waals surface area contributed by atoms with Crippen LogP contribution in [-0.2, 0) is 11.3 Å². The van der Waals surface area contributed by atoms with Crippen LogP contribution >= 0.6 is 0 Å². The van der Waals surface area contributed by atoms with Gasteiger partial charge >= 0.3 is 0 Å². The van der Waals surface area contributed by atoms with E-state index in [4.69, 9.17) is 5.73 Å². The molecule has 4 heteroatoms. The standard InChI is InChI=1S/C12H15FN2O/c13-11-7-10(5-4-9(11)8-14)15-6-2-1-3-12(15)16/h4-5,7H,1-3,6,8,14H2. The third-order valence-corrected chi connectivity index (χ3v) is 2.89. The average Bonchev–Trinajstić information content (AvgIpc) is 2.29. The van der Waals surface area contributed by atoms with Gasteiger partial charge in [0, 0.05) is 30.8 Å². The SMILES string of the molecule is NCc1ccc(N2CCCCC2=O)cc1F. The smallest absolute Gasteiger partial charge is 0.226 e. The molecule has 3 nitrogen and oxygen atoms in total. The van der Waals surface area contributed by atoms with Crippen molar-refractivity contribution in [3.8, 4) is 0 Å². The Labute approximate surface area is 94.0 Å². The van der Waals surface area contributed by atoms with Crippen LogP contribution in [-0.4, -0.2) is 12.5 Å². The van der Waals surface area contributed by atoms with Gasteiger partial charge in [-0.05, 0) is 25.0 Å². The van der Waals surface area contributed by atoms with Crippen molar-refractivity contribution in [2.24, 2.45) is 5.73 Å². The number of nitrogens with zero attached hydrogens (tertiary/aromatic N) is 1. The Morgan fingerprint density at radius 2 is 2.19 bits per heavy atom. The third kappa shape index (κ3) is 2.07. The van der Waals surface area contributed by atoms with Gasteiger partial charge in [-0.15, -0.1) is 0 Å². The van der Waals surface area contributed by atoms with Gasteiger partial charge in [-0.2, -0.15) is 0 Å². The van der Waals surface area contributed by atoms with E-state index in [-0.39, 0.29) is 18.3 Å². The molecule has 2 rings (SSSR count). The Morgan fingerprint density at radius 3 is 2.81 bits per heavy atom. The van der Waals surface area contributed by atoms with Crippen molar-refractivity contribution in [2.75, 3.05) is 11.4 Å². The van der Waals surface area contributed by atoms with Gasteiger partial charge in [0.1, 0.15) is 5.82 Å². The second-order valence-corrected chi connectivity index (χ2v) is 3.98. The van der Waals surface area contributed by atoms with Crippen LogP contribution in [0.25, 0.3) is 0 Å². The monoisotopic (exact) mass is 222 g/mol. The number of carbonyl (C=O) groups is 1. The Hall–Kier alpha value is -1.42. The van der Waals surface area contributed by atoms with Crippen molar-refractivity contribution < 1.29 is 9.18 Å². The van der Waals surface area contributed by atoms with E-state index < -0.39 is 0 Å². The molecule has 2 N–H and O–H groups in total. The average molecular weight is 222 g/mol. The Bertz CT molecular complexity index is 406. The molecule has 0 spiro atoms. The zero-order valence-corrected chi connectivity index (χ0v) is 9.08. The van der Waals surface area contributed by atoms with Gasteiger partial charge in [-0.25, -0.2) is 4.39 Å². The molecule has 86 valence electrons. The van der Waals surface area contributed by atoms with Gasteiger partial charge in [0.2, 0.25) is 5.91 Å². The summed E-state index contributed by atoms with van der Waals surface area (Å²) in [5.41, 5.74) is 6.50. The summed E-state index contributed by atoms with van der Waals surface area (Å²) in [6.45, 7) is 0.861. The van der Waals surface area contributed by atoms with Crippen LogP contribution in [0.1, 0.15) is 24.8 Å². The highest BCUT2D eigenvalue weighted by atomic mass is 19.1. The van der Waals surface area contributed by atoms with Gasteiger partial charge in [0.25, 0.3) is 0 Å². The molecule has 0 saturated carbocycles. The minimum Gasteiger partial charge on any atom is -0.326 e. The first-order valence-corrected chi connectivity index (χ1v) is 5.51. The number of anilines is 1. The highest BCUT2D eigenvalue weighted by Crippen LogP contribution is 2.22. The zero-order valence-electron chi connectivity index (χ0n) is 9.08. The van der Waals surface area contributed by atoms with Crippen molar-refractivity contribution in [3.05, 3.63) is 29.6 Å². The highest BCUT2D eigenvalue weighted by molar-refractivity contribution is 5.93. The fraction of sp³-hybridized carbons (Fsp3) is 0.417. The number of piperidine rings is 1. The third-order valence-electron chi connectivity index (χ3n) is 2.89. The maximum Gasteiger partial charge on any atom is 0.226 e. The molecule has 0 unspecified atom stereocenters. The maximum absolute atomic E-state index is 13.5.